The number of hydrogen-bond donors (Lipinski definition) is 1. The van der Waals surface area contributed by atoms with Crippen molar-refractivity contribution in [2.45, 2.75) is 38.3 Å². The number of nitrogens with zero attached hydrogens (tertiary/aromatic N) is 3. The summed E-state index contributed by atoms with van der Waals surface area (Å²) >= 11 is 0. The van der Waals surface area contributed by atoms with Crippen LogP contribution in [0.25, 0.3) is 0 Å². The van der Waals surface area contributed by atoms with Gasteiger partial charge in [0.1, 0.15) is 6.04 Å². The molecule has 2 heterocycles. The van der Waals surface area contributed by atoms with E-state index in [2.05, 4.69) is 4.90 Å². The maximum atomic E-state index is 12.6. The average molecular weight is 269 g/mol. The van der Waals surface area contributed by atoms with Crippen LogP contribution in [0.3, 0.4) is 0 Å². The highest BCUT2D eigenvalue weighted by Gasteiger charge is 2.36. The van der Waals surface area contributed by atoms with Gasteiger partial charge in [-0.3, -0.25) is 0 Å². The van der Waals surface area contributed by atoms with Gasteiger partial charge in [0.2, 0.25) is 0 Å². The summed E-state index contributed by atoms with van der Waals surface area (Å²) in [5.41, 5.74) is 0. The van der Waals surface area contributed by atoms with E-state index in [0.29, 0.717) is 19.5 Å². The third-order valence-corrected chi connectivity index (χ3v) is 4.11. The summed E-state index contributed by atoms with van der Waals surface area (Å²) in [6, 6.07) is -0.608. The lowest BCUT2D eigenvalue weighted by Gasteiger charge is -2.43. The lowest BCUT2D eigenvalue weighted by atomic mass is 10.0. The van der Waals surface area contributed by atoms with E-state index >= 15 is 0 Å². The molecular formula is C13H23N3O3. The molecule has 1 N–H and O–H groups in total. The number of carboxylic acids is 1. The molecule has 0 saturated carbocycles. The van der Waals surface area contributed by atoms with Crippen LogP contribution in [0.5, 0.6) is 0 Å². The summed E-state index contributed by atoms with van der Waals surface area (Å²) < 4.78 is 0. The Bertz CT molecular complexity index is 361. The molecule has 0 aromatic rings. The van der Waals surface area contributed by atoms with Gasteiger partial charge in [-0.1, -0.05) is 0 Å². The zero-order chi connectivity index (χ0) is 14.0. The third kappa shape index (κ3) is 3.00. The van der Waals surface area contributed by atoms with E-state index in [1.165, 1.54) is 0 Å². The molecule has 2 amide bonds. The van der Waals surface area contributed by atoms with Gasteiger partial charge in [-0.15, -0.1) is 0 Å². The Hall–Kier alpha value is -1.30. The van der Waals surface area contributed by atoms with Gasteiger partial charge in [-0.2, -0.15) is 0 Å². The number of rotatable bonds is 1. The molecule has 6 nitrogen and oxygen atoms in total. The number of likely N-dealkylation sites (tertiary alicyclic amines) is 1. The first-order valence-corrected chi connectivity index (χ1v) is 6.99. The fourth-order valence-electron chi connectivity index (χ4n) is 3.01. The number of piperazine rings is 1. The molecule has 2 rings (SSSR count). The van der Waals surface area contributed by atoms with Crippen molar-refractivity contribution in [3.63, 3.8) is 0 Å². The maximum Gasteiger partial charge on any atom is 0.326 e. The van der Waals surface area contributed by atoms with Gasteiger partial charge in [0.05, 0.1) is 0 Å². The third-order valence-electron chi connectivity index (χ3n) is 4.11. The van der Waals surface area contributed by atoms with E-state index in [0.717, 1.165) is 25.9 Å². The largest absolute Gasteiger partial charge is 0.480 e. The number of urea groups is 1. The normalized spacial score (nSPS) is 29.4. The molecule has 0 bridgehead atoms. The van der Waals surface area contributed by atoms with Gasteiger partial charge >= 0.3 is 12.0 Å². The predicted octanol–water partition coefficient (Wildman–Crippen LogP) is 0.681. The van der Waals surface area contributed by atoms with Crippen LogP contribution in [-0.4, -0.2) is 77.1 Å². The molecule has 0 aromatic carbocycles. The quantitative estimate of drug-likeness (QED) is 0.760. The number of carbonyl (C=O) groups is 2. The van der Waals surface area contributed by atoms with E-state index in [-0.39, 0.29) is 12.1 Å². The van der Waals surface area contributed by atoms with Crippen LogP contribution in [0.1, 0.15) is 26.2 Å². The van der Waals surface area contributed by atoms with Crippen LogP contribution in [0, 0.1) is 0 Å². The molecule has 108 valence electrons. The van der Waals surface area contributed by atoms with Gasteiger partial charge in [0, 0.05) is 32.2 Å². The summed E-state index contributed by atoms with van der Waals surface area (Å²) in [6.07, 6.45) is 2.36. The molecule has 0 radical (unpaired) electrons. The van der Waals surface area contributed by atoms with Crippen LogP contribution >= 0.6 is 0 Å². The first-order valence-electron chi connectivity index (χ1n) is 6.99. The molecule has 2 atom stereocenters. The van der Waals surface area contributed by atoms with Crippen molar-refractivity contribution in [1.82, 2.24) is 14.7 Å². The minimum Gasteiger partial charge on any atom is -0.480 e. The second-order valence-electron chi connectivity index (χ2n) is 5.63. The molecule has 6 heteroatoms. The van der Waals surface area contributed by atoms with E-state index in [1.54, 1.807) is 4.90 Å². The maximum absolute atomic E-state index is 12.6. The Balaban J connectivity index is 2.06. The number of aliphatic carboxylic acids is 1. The Morgan fingerprint density at radius 2 is 1.84 bits per heavy atom. The Labute approximate surface area is 114 Å². The molecule has 2 aliphatic rings. The number of likely N-dealkylation sites (N-methyl/N-ethyl adjacent to an activating group) is 1. The Morgan fingerprint density at radius 1 is 1.11 bits per heavy atom. The molecule has 2 unspecified atom stereocenters. The van der Waals surface area contributed by atoms with E-state index in [1.807, 2.05) is 18.9 Å². The highest BCUT2D eigenvalue weighted by Crippen LogP contribution is 2.21. The van der Waals surface area contributed by atoms with Gasteiger partial charge in [-0.25, -0.2) is 9.59 Å². The SMILES string of the molecule is CC1CN(C)CCN1C(=O)N1CCCCC1C(=O)O. The highest BCUT2D eigenvalue weighted by atomic mass is 16.4. The van der Waals surface area contributed by atoms with Crippen molar-refractivity contribution in [2.75, 3.05) is 33.2 Å². The Kier molecular flexibility index (Phi) is 4.29. The minimum absolute atomic E-state index is 0.104. The van der Waals surface area contributed by atoms with Crippen molar-refractivity contribution in [1.29, 1.82) is 0 Å². The fourth-order valence-corrected chi connectivity index (χ4v) is 3.01. The molecule has 19 heavy (non-hydrogen) atoms. The van der Waals surface area contributed by atoms with Crippen molar-refractivity contribution in [2.24, 2.45) is 0 Å². The second-order valence-corrected chi connectivity index (χ2v) is 5.63. The van der Waals surface area contributed by atoms with E-state index < -0.39 is 12.0 Å². The van der Waals surface area contributed by atoms with Gasteiger partial charge in [0.15, 0.2) is 0 Å². The van der Waals surface area contributed by atoms with Crippen LogP contribution < -0.4 is 0 Å². The van der Waals surface area contributed by atoms with Crippen LogP contribution in [0.4, 0.5) is 4.79 Å². The zero-order valence-corrected chi connectivity index (χ0v) is 11.7. The molecule has 0 spiro atoms. The van der Waals surface area contributed by atoms with Crippen LogP contribution in [-0.2, 0) is 4.79 Å². The predicted molar refractivity (Wildman–Crippen MR) is 71.0 cm³/mol. The summed E-state index contributed by atoms with van der Waals surface area (Å²) in [5, 5.41) is 9.24. The zero-order valence-electron chi connectivity index (χ0n) is 11.7. The molecule has 2 aliphatic heterocycles. The monoisotopic (exact) mass is 269 g/mol. The molecule has 0 aliphatic carbocycles. The van der Waals surface area contributed by atoms with Crippen LogP contribution in [0.2, 0.25) is 0 Å². The lowest BCUT2D eigenvalue weighted by Crippen LogP contribution is -2.59. The summed E-state index contributed by atoms with van der Waals surface area (Å²) in [6.45, 7) is 4.96. The van der Waals surface area contributed by atoms with E-state index in [9.17, 15) is 14.7 Å². The first-order chi connectivity index (χ1) is 9.00. The fraction of sp³-hybridized carbons (Fsp3) is 0.846. The highest BCUT2D eigenvalue weighted by molar-refractivity contribution is 5.83. The number of amides is 2. The minimum atomic E-state index is -0.880. The van der Waals surface area contributed by atoms with Crippen molar-refractivity contribution in [3.05, 3.63) is 0 Å². The number of piperidine rings is 1. The number of hydrogen-bond acceptors (Lipinski definition) is 3. The molecule has 2 fully saturated rings. The van der Waals surface area contributed by atoms with Crippen LogP contribution in [0.15, 0.2) is 0 Å². The summed E-state index contributed by atoms with van der Waals surface area (Å²) in [7, 11) is 2.04. The second kappa shape index (κ2) is 5.77. The summed E-state index contributed by atoms with van der Waals surface area (Å²) in [4.78, 5) is 29.4. The van der Waals surface area contributed by atoms with Crippen molar-refractivity contribution < 1.29 is 14.7 Å². The van der Waals surface area contributed by atoms with Crippen molar-refractivity contribution in [3.8, 4) is 0 Å². The van der Waals surface area contributed by atoms with E-state index in [4.69, 9.17) is 0 Å². The first kappa shape index (κ1) is 14.1. The standard InChI is InChI=1S/C13H23N3O3/c1-10-9-14(2)7-8-15(10)13(19)16-6-4-3-5-11(16)12(17)18/h10-11H,3-9H2,1-2H3,(H,17,18). The average Bonchev–Trinajstić information content (AvgIpc) is 2.38. The number of carbonyl (C=O) groups excluding carboxylic acids is 1. The number of carboxylic acid groups (broad SMARTS) is 1. The van der Waals surface area contributed by atoms with Gasteiger partial charge < -0.3 is 19.8 Å². The Morgan fingerprint density at radius 3 is 2.47 bits per heavy atom. The lowest BCUT2D eigenvalue weighted by molar-refractivity contribution is -0.143. The van der Waals surface area contributed by atoms with Gasteiger partial charge in [0.25, 0.3) is 0 Å². The molecule has 2 saturated heterocycles. The topological polar surface area (TPSA) is 64.1 Å². The smallest absolute Gasteiger partial charge is 0.326 e. The van der Waals surface area contributed by atoms with Gasteiger partial charge in [-0.05, 0) is 33.2 Å². The van der Waals surface area contributed by atoms with Crippen molar-refractivity contribution >= 4 is 12.0 Å². The molecular weight excluding hydrogens is 246 g/mol. The molecule has 0 aromatic heterocycles. The summed E-state index contributed by atoms with van der Waals surface area (Å²) in [5.74, 6) is -0.880.